The second-order valence-electron chi connectivity index (χ2n) is 13.3. The van der Waals surface area contributed by atoms with Gasteiger partial charge in [-0.15, -0.1) is 6.42 Å². The first-order valence-corrected chi connectivity index (χ1v) is 15.9. The SMILES string of the molecule is C#Cc1c(F)ccc2cc(O)cc(-c3nc4c5c(nc(OC[C@@]67CCCN6C[C@H](F)C7)nc5c3F)N3CC5CCC(N5)[C@@H]3CN4)c12. The largest absolute Gasteiger partial charge is 0.508 e. The van der Waals surface area contributed by atoms with Crippen molar-refractivity contribution in [2.45, 2.75) is 61.9 Å². The summed E-state index contributed by atoms with van der Waals surface area (Å²) in [7, 11) is 0. The summed E-state index contributed by atoms with van der Waals surface area (Å²) in [5, 5.41) is 18.9. The number of fused-ring (bicyclic) bond motifs is 7. The molecule has 4 fully saturated rings. The molecule has 46 heavy (non-hydrogen) atoms. The molecule has 4 saturated heterocycles. The van der Waals surface area contributed by atoms with Gasteiger partial charge in [0.25, 0.3) is 0 Å². The van der Waals surface area contributed by atoms with Crippen molar-refractivity contribution in [3.63, 3.8) is 0 Å². The summed E-state index contributed by atoms with van der Waals surface area (Å²) < 4.78 is 52.8. The van der Waals surface area contributed by atoms with E-state index in [9.17, 15) is 13.9 Å². The number of anilines is 2. The van der Waals surface area contributed by atoms with Crippen LogP contribution in [-0.2, 0) is 0 Å². The van der Waals surface area contributed by atoms with Crippen LogP contribution in [0.15, 0.2) is 24.3 Å². The van der Waals surface area contributed by atoms with Crippen molar-refractivity contribution in [2.24, 2.45) is 0 Å². The van der Waals surface area contributed by atoms with E-state index < -0.39 is 23.3 Å². The van der Waals surface area contributed by atoms with Gasteiger partial charge in [-0.2, -0.15) is 9.97 Å². The number of pyridine rings is 1. The van der Waals surface area contributed by atoms with E-state index in [2.05, 4.69) is 31.3 Å². The van der Waals surface area contributed by atoms with Crippen LogP contribution in [0.4, 0.5) is 24.8 Å². The standard InChI is InChI=1S/C34H32F3N7O2/c1-2-21-23(36)6-4-17-10-20(45)11-22(26(17)21)29-28(37)30-27-31(40-29)38-13-25-24-7-5-19(39-24)15-44(25)32(27)42-33(41-30)46-16-34-8-3-9-43(34)14-18(35)12-34/h1,4,6,10-11,18-19,24-25,39,45H,3,5,7-9,12-16H2,(H,38,40)/t18-,19?,24?,25+,34+/m1/s1. The van der Waals surface area contributed by atoms with Gasteiger partial charge in [0.05, 0.1) is 22.5 Å². The molecule has 0 aliphatic carbocycles. The summed E-state index contributed by atoms with van der Waals surface area (Å²) in [4.78, 5) is 18.7. The Bertz CT molecular complexity index is 1990. The quantitative estimate of drug-likeness (QED) is 0.283. The van der Waals surface area contributed by atoms with Gasteiger partial charge in [0.2, 0.25) is 0 Å². The normalized spacial score (nSPS) is 28.2. The van der Waals surface area contributed by atoms with Crippen LogP contribution < -0.4 is 20.3 Å². The molecule has 3 N–H and O–H groups in total. The Morgan fingerprint density at radius 1 is 1.13 bits per heavy atom. The molecule has 0 spiro atoms. The number of ether oxygens (including phenoxy) is 1. The Balaban J connectivity index is 1.25. The van der Waals surface area contributed by atoms with Gasteiger partial charge in [0.15, 0.2) is 5.82 Å². The summed E-state index contributed by atoms with van der Waals surface area (Å²) in [5.74, 6) is 1.76. The van der Waals surface area contributed by atoms with E-state index in [1.807, 2.05) is 0 Å². The Morgan fingerprint density at radius 3 is 2.89 bits per heavy atom. The van der Waals surface area contributed by atoms with Crippen LogP contribution in [0.25, 0.3) is 32.9 Å². The fourth-order valence-corrected chi connectivity index (χ4v) is 8.70. The van der Waals surface area contributed by atoms with E-state index in [0.29, 0.717) is 48.5 Å². The van der Waals surface area contributed by atoms with Gasteiger partial charge in [-0.1, -0.05) is 12.0 Å². The molecule has 5 aliphatic rings. The van der Waals surface area contributed by atoms with E-state index >= 15 is 4.39 Å². The van der Waals surface area contributed by atoms with Gasteiger partial charge in [0.1, 0.15) is 47.2 Å². The number of terminal acetylenes is 1. The molecule has 2 aromatic heterocycles. The highest BCUT2D eigenvalue weighted by molar-refractivity contribution is 6.06. The lowest BCUT2D eigenvalue weighted by atomic mass is 9.95. The van der Waals surface area contributed by atoms with Crippen molar-refractivity contribution in [2.75, 3.05) is 43.0 Å². The maximum Gasteiger partial charge on any atom is 0.319 e. The number of hydrogen-bond acceptors (Lipinski definition) is 9. The van der Waals surface area contributed by atoms with E-state index in [1.54, 1.807) is 0 Å². The van der Waals surface area contributed by atoms with Crippen molar-refractivity contribution in [1.82, 2.24) is 25.2 Å². The lowest BCUT2D eigenvalue weighted by molar-refractivity contribution is 0.107. The fourth-order valence-electron chi connectivity index (χ4n) is 8.70. The summed E-state index contributed by atoms with van der Waals surface area (Å²) in [6.07, 6.45) is 9.01. The molecule has 0 saturated carbocycles. The number of phenols is 1. The molecule has 0 amide bonds. The highest BCUT2D eigenvalue weighted by Gasteiger charge is 2.50. The Hall–Kier alpha value is -4.34. The van der Waals surface area contributed by atoms with E-state index in [1.165, 1.54) is 24.3 Å². The minimum absolute atomic E-state index is 0.00949. The van der Waals surface area contributed by atoms with Crippen LogP contribution in [-0.4, -0.2) is 87.6 Å². The molecule has 236 valence electrons. The second-order valence-corrected chi connectivity index (χ2v) is 13.3. The average molecular weight is 628 g/mol. The number of hydrogen-bond donors (Lipinski definition) is 3. The van der Waals surface area contributed by atoms with E-state index in [-0.39, 0.29) is 64.2 Å². The molecular weight excluding hydrogens is 595 g/mol. The number of benzene rings is 2. The molecule has 2 bridgehead atoms. The smallest absolute Gasteiger partial charge is 0.319 e. The zero-order chi connectivity index (χ0) is 31.3. The van der Waals surface area contributed by atoms with Gasteiger partial charge in [-0.3, -0.25) is 4.90 Å². The predicted octanol–water partition coefficient (Wildman–Crippen LogP) is 4.50. The van der Waals surface area contributed by atoms with E-state index in [0.717, 1.165) is 32.2 Å². The summed E-state index contributed by atoms with van der Waals surface area (Å²) in [5.41, 5.74) is -0.490. The third-order valence-electron chi connectivity index (χ3n) is 10.7. The number of phenolic OH excluding ortho intramolecular Hbond substituents is 1. The van der Waals surface area contributed by atoms with E-state index in [4.69, 9.17) is 21.1 Å². The predicted molar refractivity (Wildman–Crippen MR) is 168 cm³/mol. The van der Waals surface area contributed by atoms with Crippen molar-refractivity contribution in [3.05, 3.63) is 41.5 Å². The van der Waals surface area contributed by atoms with Crippen LogP contribution in [0.5, 0.6) is 11.8 Å². The second kappa shape index (κ2) is 10.1. The first-order chi connectivity index (χ1) is 22.3. The van der Waals surface area contributed by atoms with Crippen LogP contribution in [0, 0.1) is 24.0 Å². The molecule has 2 aromatic carbocycles. The summed E-state index contributed by atoms with van der Waals surface area (Å²) in [6, 6.07) is 6.02. The maximum atomic E-state index is 17.0. The maximum absolute atomic E-state index is 17.0. The zero-order valence-corrected chi connectivity index (χ0v) is 25.0. The lowest BCUT2D eigenvalue weighted by Gasteiger charge is -2.41. The highest BCUT2D eigenvalue weighted by atomic mass is 19.1. The minimum Gasteiger partial charge on any atom is -0.508 e. The first kappa shape index (κ1) is 27.9. The van der Waals surface area contributed by atoms with Gasteiger partial charge < -0.3 is 25.4 Å². The van der Waals surface area contributed by atoms with Crippen molar-refractivity contribution < 1.29 is 23.0 Å². The summed E-state index contributed by atoms with van der Waals surface area (Å²) >= 11 is 0. The molecule has 9 nitrogen and oxygen atoms in total. The third kappa shape index (κ3) is 4.07. The zero-order valence-electron chi connectivity index (χ0n) is 25.0. The molecule has 5 aliphatic heterocycles. The van der Waals surface area contributed by atoms with Gasteiger partial charge in [-0.25, -0.2) is 18.2 Å². The lowest BCUT2D eigenvalue weighted by Crippen LogP contribution is -2.60. The first-order valence-electron chi connectivity index (χ1n) is 15.9. The van der Waals surface area contributed by atoms with Crippen molar-refractivity contribution >= 4 is 33.3 Å². The monoisotopic (exact) mass is 627 g/mol. The number of nitrogens with zero attached hydrogens (tertiary/aromatic N) is 5. The third-order valence-corrected chi connectivity index (χ3v) is 10.7. The Labute approximate surface area is 263 Å². The fraction of sp³-hybridized carbons (Fsp3) is 0.441. The average Bonchev–Trinajstić information content (AvgIpc) is 3.68. The molecule has 4 aromatic rings. The topological polar surface area (TPSA) is 98.7 Å². The number of nitrogens with one attached hydrogen (secondary N) is 2. The van der Waals surface area contributed by atoms with Crippen LogP contribution in [0.1, 0.15) is 37.7 Å². The molecular formula is C34H32F3N7O2. The number of halogens is 3. The van der Waals surface area contributed by atoms with Crippen LogP contribution in [0.3, 0.4) is 0 Å². The summed E-state index contributed by atoms with van der Waals surface area (Å²) in [6.45, 7) is 2.59. The number of aromatic nitrogens is 3. The minimum atomic E-state index is -0.919. The Kier molecular flexibility index (Phi) is 6.12. The molecule has 0 radical (unpaired) electrons. The van der Waals surface area contributed by atoms with Crippen LogP contribution in [0.2, 0.25) is 0 Å². The number of piperazine rings is 1. The molecule has 5 atom stereocenters. The Morgan fingerprint density at radius 2 is 2.02 bits per heavy atom. The number of aromatic hydroxyl groups is 1. The highest BCUT2D eigenvalue weighted by Crippen LogP contribution is 2.45. The van der Waals surface area contributed by atoms with Crippen LogP contribution >= 0.6 is 0 Å². The molecule has 9 rings (SSSR count). The number of alkyl halides is 1. The molecule has 12 heteroatoms. The number of rotatable bonds is 4. The van der Waals surface area contributed by atoms with Crippen molar-refractivity contribution in [1.29, 1.82) is 0 Å². The van der Waals surface area contributed by atoms with Crippen molar-refractivity contribution in [3.8, 4) is 35.4 Å². The van der Waals surface area contributed by atoms with Gasteiger partial charge in [0, 0.05) is 49.1 Å². The molecule has 7 heterocycles. The van der Waals surface area contributed by atoms with Gasteiger partial charge in [-0.05, 0) is 55.8 Å². The van der Waals surface area contributed by atoms with Gasteiger partial charge >= 0.3 is 6.01 Å². The molecule has 2 unspecified atom stereocenters.